The van der Waals surface area contributed by atoms with Crippen molar-refractivity contribution in [1.82, 2.24) is 4.98 Å². The number of carbonyl (C=O) groups excluding carboxylic acids is 1. The molecule has 4 aromatic rings. The fourth-order valence-corrected chi connectivity index (χ4v) is 3.10. The zero-order chi connectivity index (χ0) is 18.8. The third-order valence-corrected chi connectivity index (χ3v) is 4.56. The maximum atomic E-state index is 12.3. The number of oxazole rings is 1. The fourth-order valence-electron chi connectivity index (χ4n) is 2.90. The Kier molecular flexibility index (Phi) is 4.65. The number of nitrogens with zero attached hydrogens (tertiary/aromatic N) is 1. The standard InChI is InChI=1S/C22H17ClN2O2/c1-14-7-10-19-20(11-14)27-22(25-19)17-13-16(8-9-18(17)23)24-21(26)12-15-5-3-2-4-6-15/h2-11,13H,12H2,1H3,(H,24,26). The van der Waals surface area contributed by atoms with Crippen LogP contribution in [0.2, 0.25) is 5.02 Å². The summed E-state index contributed by atoms with van der Waals surface area (Å²) in [7, 11) is 0. The number of nitrogens with one attached hydrogen (secondary N) is 1. The lowest BCUT2D eigenvalue weighted by Gasteiger charge is -2.08. The first-order valence-electron chi connectivity index (χ1n) is 8.59. The molecule has 1 aromatic heterocycles. The van der Waals surface area contributed by atoms with E-state index in [1.165, 1.54) is 0 Å². The van der Waals surface area contributed by atoms with E-state index in [1.54, 1.807) is 18.2 Å². The summed E-state index contributed by atoms with van der Waals surface area (Å²) < 4.78 is 5.86. The Balaban J connectivity index is 1.60. The minimum atomic E-state index is -0.0948. The van der Waals surface area contributed by atoms with Crippen molar-refractivity contribution in [2.75, 3.05) is 5.32 Å². The third-order valence-electron chi connectivity index (χ3n) is 4.23. The first-order chi connectivity index (χ1) is 13.1. The fraction of sp³-hybridized carbons (Fsp3) is 0.0909. The van der Waals surface area contributed by atoms with Gasteiger partial charge in [-0.05, 0) is 48.4 Å². The maximum absolute atomic E-state index is 12.3. The van der Waals surface area contributed by atoms with Crippen LogP contribution in [0.1, 0.15) is 11.1 Å². The highest BCUT2D eigenvalue weighted by Gasteiger charge is 2.14. The van der Waals surface area contributed by atoms with E-state index in [1.807, 2.05) is 55.5 Å². The topological polar surface area (TPSA) is 55.1 Å². The van der Waals surface area contributed by atoms with Gasteiger partial charge in [0.1, 0.15) is 5.52 Å². The molecule has 0 unspecified atom stereocenters. The van der Waals surface area contributed by atoms with Crippen LogP contribution in [0.25, 0.3) is 22.6 Å². The highest BCUT2D eigenvalue weighted by molar-refractivity contribution is 6.33. The molecule has 0 radical (unpaired) electrons. The molecule has 4 nitrogen and oxygen atoms in total. The molecule has 1 heterocycles. The van der Waals surface area contributed by atoms with Crippen molar-refractivity contribution in [2.45, 2.75) is 13.3 Å². The summed E-state index contributed by atoms with van der Waals surface area (Å²) in [4.78, 5) is 16.8. The lowest BCUT2D eigenvalue weighted by molar-refractivity contribution is -0.115. The van der Waals surface area contributed by atoms with Crippen molar-refractivity contribution in [3.8, 4) is 11.5 Å². The Morgan fingerprint density at radius 3 is 2.70 bits per heavy atom. The quantitative estimate of drug-likeness (QED) is 0.501. The van der Waals surface area contributed by atoms with Gasteiger partial charge in [-0.15, -0.1) is 0 Å². The molecule has 1 amide bonds. The van der Waals surface area contributed by atoms with Crippen molar-refractivity contribution < 1.29 is 9.21 Å². The van der Waals surface area contributed by atoms with Crippen LogP contribution in [0, 0.1) is 6.92 Å². The van der Waals surface area contributed by atoms with Gasteiger partial charge in [0.15, 0.2) is 5.58 Å². The van der Waals surface area contributed by atoms with Crippen molar-refractivity contribution in [2.24, 2.45) is 0 Å². The van der Waals surface area contributed by atoms with Crippen molar-refractivity contribution >= 4 is 34.3 Å². The summed E-state index contributed by atoms with van der Waals surface area (Å²) in [6.07, 6.45) is 0.307. The maximum Gasteiger partial charge on any atom is 0.228 e. The Morgan fingerprint density at radius 1 is 1.07 bits per heavy atom. The summed E-state index contributed by atoms with van der Waals surface area (Å²) in [5.41, 5.74) is 4.82. The number of halogens is 1. The molecule has 5 heteroatoms. The van der Waals surface area contributed by atoms with Crippen LogP contribution >= 0.6 is 11.6 Å². The van der Waals surface area contributed by atoms with E-state index in [9.17, 15) is 4.79 Å². The van der Waals surface area contributed by atoms with E-state index in [4.69, 9.17) is 16.0 Å². The SMILES string of the molecule is Cc1ccc2nc(-c3cc(NC(=O)Cc4ccccc4)ccc3Cl)oc2c1. The molecule has 1 N–H and O–H groups in total. The monoisotopic (exact) mass is 376 g/mol. The summed E-state index contributed by atoms with van der Waals surface area (Å²) >= 11 is 6.34. The van der Waals surface area contributed by atoms with Gasteiger partial charge in [0.05, 0.1) is 17.0 Å². The summed E-state index contributed by atoms with van der Waals surface area (Å²) in [6.45, 7) is 2.00. The second-order valence-electron chi connectivity index (χ2n) is 6.40. The number of rotatable bonds is 4. The molecule has 27 heavy (non-hydrogen) atoms. The third kappa shape index (κ3) is 3.86. The molecule has 0 bridgehead atoms. The number of aryl methyl sites for hydroxylation is 1. The van der Waals surface area contributed by atoms with Gasteiger partial charge in [-0.1, -0.05) is 48.0 Å². The highest BCUT2D eigenvalue weighted by Crippen LogP contribution is 2.32. The molecule has 0 aliphatic heterocycles. The highest BCUT2D eigenvalue weighted by atomic mass is 35.5. The second-order valence-corrected chi connectivity index (χ2v) is 6.80. The average Bonchev–Trinajstić information content (AvgIpc) is 3.07. The zero-order valence-corrected chi connectivity index (χ0v) is 15.5. The number of carbonyl (C=O) groups is 1. The first kappa shape index (κ1) is 17.3. The van der Waals surface area contributed by atoms with Crippen molar-refractivity contribution in [3.05, 3.63) is 82.9 Å². The van der Waals surface area contributed by atoms with Gasteiger partial charge in [0.2, 0.25) is 11.8 Å². The number of amides is 1. The van der Waals surface area contributed by atoms with Crippen molar-refractivity contribution in [3.63, 3.8) is 0 Å². The molecule has 0 aliphatic carbocycles. The number of anilines is 1. The lowest BCUT2D eigenvalue weighted by Crippen LogP contribution is -2.14. The number of fused-ring (bicyclic) bond motifs is 1. The molecule has 0 spiro atoms. The Bertz CT molecular complexity index is 1120. The van der Waals surface area contributed by atoms with Gasteiger partial charge in [-0.2, -0.15) is 0 Å². The van der Waals surface area contributed by atoms with Gasteiger partial charge in [0.25, 0.3) is 0 Å². The summed E-state index contributed by atoms with van der Waals surface area (Å²) in [5.74, 6) is 0.336. The van der Waals surface area contributed by atoms with E-state index in [0.717, 1.165) is 16.6 Å². The van der Waals surface area contributed by atoms with E-state index < -0.39 is 0 Å². The van der Waals surface area contributed by atoms with Crippen LogP contribution in [0.4, 0.5) is 5.69 Å². The molecular weight excluding hydrogens is 360 g/mol. The predicted molar refractivity (Wildman–Crippen MR) is 108 cm³/mol. The van der Waals surface area contributed by atoms with Crippen LogP contribution in [-0.2, 0) is 11.2 Å². The molecule has 3 aromatic carbocycles. The molecule has 4 rings (SSSR count). The smallest absolute Gasteiger partial charge is 0.228 e. The molecule has 0 saturated carbocycles. The number of aromatic nitrogens is 1. The van der Waals surface area contributed by atoms with E-state index >= 15 is 0 Å². The average molecular weight is 377 g/mol. The van der Waals surface area contributed by atoms with E-state index in [0.29, 0.717) is 34.2 Å². The van der Waals surface area contributed by atoms with Crippen LogP contribution < -0.4 is 5.32 Å². The summed E-state index contributed by atoms with van der Waals surface area (Å²) in [6, 6.07) is 20.7. The number of benzene rings is 3. The molecule has 0 aliphatic rings. The molecule has 134 valence electrons. The molecular formula is C22H17ClN2O2. The normalized spacial score (nSPS) is 10.9. The zero-order valence-electron chi connectivity index (χ0n) is 14.7. The van der Waals surface area contributed by atoms with Crippen LogP contribution in [-0.4, -0.2) is 10.9 Å². The van der Waals surface area contributed by atoms with Gasteiger partial charge in [0, 0.05) is 5.69 Å². The predicted octanol–water partition coefficient (Wildman–Crippen LogP) is 5.64. The second kappa shape index (κ2) is 7.25. The van der Waals surface area contributed by atoms with Gasteiger partial charge >= 0.3 is 0 Å². The van der Waals surface area contributed by atoms with Gasteiger partial charge in [-0.25, -0.2) is 4.98 Å². The molecule has 0 fully saturated rings. The van der Waals surface area contributed by atoms with Crippen LogP contribution in [0.15, 0.2) is 71.1 Å². The first-order valence-corrected chi connectivity index (χ1v) is 8.97. The lowest BCUT2D eigenvalue weighted by atomic mass is 10.1. The van der Waals surface area contributed by atoms with E-state index in [-0.39, 0.29) is 5.91 Å². The van der Waals surface area contributed by atoms with Crippen LogP contribution in [0.5, 0.6) is 0 Å². The Hall–Kier alpha value is -3.11. The van der Waals surface area contributed by atoms with E-state index in [2.05, 4.69) is 10.3 Å². The van der Waals surface area contributed by atoms with Crippen LogP contribution in [0.3, 0.4) is 0 Å². The number of hydrogen-bond acceptors (Lipinski definition) is 3. The van der Waals surface area contributed by atoms with Gasteiger partial charge in [-0.3, -0.25) is 4.79 Å². The summed E-state index contributed by atoms with van der Waals surface area (Å²) in [5, 5.41) is 3.42. The minimum Gasteiger partial charge on any atom is -0.436 e. The minimum absolute atomic E-state index is 0.0948. The number of hydrogen-bond donors (Lipinski definition) is 1. The van der Waals surface area contributed by atoms with Gasteiger partial charge < -0.3 is 9.73 Å². The Labute approximate surface area is 161 Å². The Morgan fingerprint density at radius 2 is 1.89 bits per heavy atom. The molecule has 0 saturated heterocycles. The molecule has 0 atom stereocenters. The van der Waals surface area contributed by atoms with Crippen molar-refractivity contribution in [1.29, 1.82) is 0 Å². The largest absolute Gasteiger partial charge is 0.436 e.